The van der Waals surface area contributed by atoms with Gasteiger partial charge < -0.3 is 15.0 Å². The lowest BCUT2D eigenvalue weighted by Gasteiger charge is -2.36. The van der Waals surface area contributed by atoms with Crippen LogP contribution < -0.4 is 10.2 Å². The van der Waals surface area contributed by atoms with Crippen molar-refractivity contribution in [3.05, 3.63) is 101 Å². The number of carbonyl (C=O) groups is 3. The van der Waals surface area contributed by atoms with Gasteiger partial charge in [-0.15, -0.1) is 0 Å². The highest BCUT2D eigenvalue weighted by atomic mass is 16.5. The standard InChI is InChI=1S/C32H30N4O4/c1-19-9-2-3-11-21(19)29-28-24(22-12-4-6-14-25(22)34-28)17-27-31(38)36(32(39)35(27)29)26-15-7-5-13-23(26)30(37)33-18-20-10-8-16-40-20/h2-7,9,11-15,20,27,29,34H,8,10,16-18H2,1H3,(H,33,37)/t20-,27+,29+/m1/s1. The number of anilines is 1. The van der Waals surface area contributed by atoms with Crippen molar-refractivity contribution in [2.24, 2.45) is 0 Å². The Labute approximate surface area is 231 Å². The fourth-order valence-corrected chi connectivity index (χ4v) is 6.48. The van der Waals surface area contributed by atoms with Crippen molar-refractivity contribution in [1.29, 1.82) is 0 Å². The minimum Gasteiger partial charge on any atom is -0.376 e. The number of imide groups is 1. The molecule has 7 rings (SSSR count). The number of fused-ring (bicyclic) bond motifs is 4. The van der Waals surface area contributed by atoms with E-state index in [9.17, 15) is 14.4 Å². The quantitative estimate of drug-likeness (QED) is 0.357. The van der Waals surface area contributed by atoms with E-state index in [0.717, 1.165) is 46.1 Å². The summed E-state index contributed by atoms with van der Waals surface area (Å²) in [5.74, 6) is -0.651. The van der Waals surface area contributed by atoms with Crippen molar-refractivity contribution in [1.82, 2.24) is 15.2 Å². The summed E-state index contributed by atoms with van der Waals surface area (Å²) < 4.78 is 5.64. The zero-order valence-corrected chi connectivity index (χ0v) is 22.2. The lowest BCUT2D eigenvalue weighted by Crippen LogP contribution is -2.44. The van der Waals surface area contributed by atoms with Crippen LogP contribution >= 0.6 is 0 Å². The number of carbonyl (C=O) groups excluding carboxylic acids is 3. The highest BCUT2D eigenvalue weighted by molar-refractivity contribution is 6.24. The van der Waals surface area contributed by atoms with E-state index in [0.29, 0.717) is 30.8 Å². The number of rotatable bonds is 5. The van der Waals surface area contributed by atoms with Crippen molar-refractivity contribution in [3.63, 3.8) is 0 Å². The van der Waals surface area contributed by atoms with Gasteiger partial charge in [-0.25, -0.2) is 9.69 Å². The number of urea groups is 1. The number of H-pyrrole nitrogens is 1. The van der Waals surface area contributed by atoms with Gasteiger partial charge in [0.2, 0.25) is 0 Å². The van der Waals surface area contributed by atoms with Gasteiger partial charge >= 0.3 is 6.03 Å². The molecule has 0 aliphatic carbocycles. The average Bonchev–Trinajstić information content (AvgIpc) is 3.69. The van der Waals surface area contributed by atoms with Crippen LogP contribution in [-0.2, 0) is 16.0 Å². The lowest BCUT2D eigenvalue weighted by molar-refractivity contribution is -0.120. The summed E-state index contributed by atoms with van der Waals surface area (Å²) in [5.41, 5.74) is 5.55. The fraction of sp³-hybridized carbons (Fsp3) is 0.281. The molecule has 8 heteroatoms. The van der Waals surface area contributed by atoms with E-state index in [-0.39, 0.29) is 17.9 Å². The Hall–Kier alpha value is -4.43. The first kappa shape index (κ1) is 24.6. The van der Waals surface area contributed by atoms with E-state index in [1.54, 1.807) is 29.2 Å². The Bertz CT molecular complexity index is 1650. The molecule has 8 nitrogen and oxygen atoms in total. The number of aromatic nitrogens is 1. The Morgan fingerprint density at radius 1 is 1.02 bits per heavy atom. The average molecular weight is 535 g/mol. The van der Waals surface area contributed by atoms with Gasteiger partial charge in [0.1, 0.15) is 12.1 Å². The molecule has 4 amide bonds. The molecule has 2 N–H and O–H groups in total. The Balaban J connectivity index is 1.30. The number of hydrogen-bond donors (Lipinski definition) is 2. The molecule has 0 bridgehead atoms. The van der Waals surface area contributed by atoms with E-state index in [1.165, 1.54) is 4.90 Å². The molecular weight excluding hydrogens is 504 g/mol. The summed E-state index contributed by atoms with van der Waals surface area (Å²) in [6, 6.07) is 21.3. The second kappa shape index (κ2) is 9.64. The molecule has 202 valence electrons. The first-order chi connectivity index (χ1) is 19.5. The van der Waals surface area contributed by atoms with Crippen molar-refractivity contribution in [3.8, 4) is 0 Å². The van der Waals surface area contributed by atoms with Crippen molar-refractivity contribution in [2.75, 3.05) is 18.1 Å². The largest absolute Gasteiger partial charge is 0.376 e. The first-order valence-electron chi connectivity index (χ1n) is 13.8. The van der Waals surface area contributed by atoms with Gasteiger partial charge in [0.15, 0.2) is 0 Å². The summed E-state index contributed by atoms with van der Waals surface area (Å²) in [7, 11) is 0. The van der Waals surface area contributed by atoms with E-state index >= 15 is 0 Å². The van der Waals surface area contributed by atoms with Crippen LogP contribution in [0.5, 0.6) is 0 Å². The van der Waals surface area contributed by atoms with Crippen molar-refractivity contribution < 1.29 is 19.1 Å². The van der Waals surface area contributed by atoms with Gasteiger partial charge in [0.05, 0.1) is 17.4 Å². The van der Waals surface area contributed by atoms with Crippen LogP contribution in [0, 0.1) is 6.92 Å². The minimum absolute atomic E-state index is 0.0150. The molecule has 0 unspecified atom stereocenters. The number of benzene rings is 3. The molecule has 3 atom stereocenters. The molecule has 2 fully saturated rings. The van der Waals surface area contributed by atoms with Gasteiger partial charge in [-0.3, -0.25) is 14.5 Å². The molecule has 3 aliphatic heterocycles. The van der Waals surface area contributed by atoms with E-state index in [2.05, 4.69) is 16.4 Å². The molecule has 1 aromatic heterocycles. The molecule has 0 saturated carbocycles. The summed E-state index contributed by atoms with van der Waals surface area (Å²) >= 11 is 0. The third-order valence-corrected chi connectivity index (χ3v) is 8.44. The number of hydrogen-bond acceptors (Lipinski definition) is 4. The van der Waals surface area contributed by atoms with Crippen LogP contribution in [-0.4, -0.2) is 53.0 Å². The van der Waals surface area contributed by atoms with Gasteiger partial charge in [-0.05, 0) is 54.7 Å². The van der Waals surface area contributed by atoms with Gasteiger partial charge in [-0.2, -0.15) is 0 Å². The number of aryl methyl sites for hydroxylation is 1. The number of aromatic amines is 1. The molecule has 3 aliphatic rings. The summed E-state index contributed by atoms with van der Waals surface area (Å²) in [6.45, 7) is 3.11. The lowest BCUT2D eigenvalue weighted by atomic mass is 9.87. The fourth-order valence-electron chi connectivity index (χ4n) is 6.48. The Morgan fingerprint density at radius 2 is 1.80 bits per heavy atom. The Morgan fingerprint density at radius 3 is 2.62 bits per heavy atom. The SMILES string of the molecule is Cc1ccccc1[C@H]1c2[nH]c3ccccc3c2C[C@H]2C(=O)N(c3ccccc3C(=O)NC[C@H]3CCCO3)C(=O)N12. The molecular formula is C32H30N4O4. The molecule has 4 aromatic rings. The number of ether oxygens (including phenoxy) is 1. The number of nitrogens with zero attached hydrogens (tertiary/aromatic N) is 2. The van der Waals surface area contributed by atoms with E-state index in [1.807, 2.05) is 49.4 Å². The molecule has 0 spiro atoms. The van der Waals surface area contributed by atoms with Crippen LogP contribution in [0.1, 0.15) is 51.6 Å². The second-order valence-electron chi connectivity index (χ2n) is 10.8. The van der Waals surface area contributed by atoms with Crippen LogP contribution in [0.2, 0.25) is 0 Å². The third kappa shape index (κ3) is 3.82. The summed E-state index contributed by atoms with van der Waals surface area (Å²) in [4.78, 5) is 48.2. The van der Waals surface area contributed by atoms with E-state index < -0.39 is 18.1 Å². The van der Waals surface area contributed by atoms with E-state index in [4.69, 9.17) is 4.74 Å². The topological polar surface area (TPSA) is 94.7 Å². The Kier molecular flexibility index (Phi) is 5.93. The second-order valence-corrected chi connectivity index (χ2v) is 10.8. The first-order valence-corrected chi connectivity index (χ1v) is 13.8. The van der Waals surface area contributed by atoms with Crippen molar-refractivity contribution >= 4 is 34.4 Å². The number of nitrogens with one attached hydrogen (secondary N) is 2. The van der Waals surface area contributed by atoms with Gasteiger partial charge in [0.25, 0.3) is 11.8 Å². The predicted molar refractivity (Wildman–Crippen MR) is 151 cm³/mol. The van der Waals surface area contributed by atoms with Gasteiger partial charge in [-0.1, -0.05) is 54.6 Å². The maximum Gasteiger partial charge on any atom is 0.332 e. The highest BCUT2D eigenvalue weighted by Gasteiger charge is 2.53. The summed E-state index contributed by atoms with van der Waals surface area (Å²) in [6.07, 6.45) is 2.26. The number of para-hydroxylation sites is 2. The summed E-state index contributed by atoms with van der Waals surface area (Å²) in [5, 5.41) is 4.00. The zero-order chi connectivity index (χ0) is 27.4. The van der Waals surface area contributed by atoms with Crippen LogP contribution in [0.25, 0.3) is 10.9 Å². The van der Waals surface area contributed by atoms with Crippen LogP contribution in [0.15, 0.2) is 72.8 Å². The monoisotopic (exact) mass is 534 g/mol. The van der Waals surface area contributed by atoms with Crippen molar-refractivity contribution in [2.45, 2.75) is 44.4 Å². The number of amides is 4. The smallest absolute Gasteiger partial charge is 0.332 e. The molecule has 0 radical (unpaired) electrons. The molecule has 4 heterocycles. The normalized spacial score (nSPS) is 22.1. The minimum atomic E-state index is -0.688. The predicted octanol–water partition coefficient (Wildman–Crippen LogP) is 4.87. The molecule has 40 heavy (non-hydrogen) atoms. The van der Waals surface area contributed by atoms with Crippen LogP contribution in [0.3, 0.4) is 0 Å². The molecule has 2 saturated heterocycles. The maximum atomic E-state index is 14.3. The third-order valence-electron chi connectivity index (χ3n) is 8.44. The van der Waals surface area contributed by atoms with Gasteiger partial charge in [0, 0.05) is 36.2 Å². The zero-order valence-electron chi connectivity index (χ0n) is 22.2. The highest BCUT2D eigenvalue weighted by Crippen LogP contribution is 2.45. The maximum absolute atomic E-state index is 14.3. The molecule has 3 aromatic carbocycles. The van der Waals surface area contributed by atoms with Crippen LogP contribution in [0.4, 0.5) is 10.5 Å².